The fourth-order valence-corrected chi connectivity index (χ4v) is 2.22. The van der Waals surface area contributed by atoms with E-state index in [-0.39, 0.29) is 0 Å². The third kappa shape index (κ3) is 8.74. The lowest BCUT2D eigenvalue weighted by Crippen LogP contribution is -2.25. The van der Waals surface area contributed by atoms with E-state index in [1.54, 1.807) is 0 Å². The number of rotatable bonds is 12. The molecule has 0 aliphatic heterocycles. The summed E-state index contributed by atoms with van der Waals surface area (Å²) in [6, 6.07) is 8.43. The van der Waals surface area contributed by atoms with Crippen molar-refractivity contribution in [1.29, 1.82) is 0 Å². The molecule has 0 radical (unpaired) electrons. The van der Waals surface area contributed by atoms with Crippen molar-refractivity contribution in [2.75, 3.05) is 25.1 Å². The molecule has 1 rings (SSSR count). The maximum Gasteiger partial charge on any atom is 0.0945 e. The third-order valence-corrected chi connectivity index (χ3v) is 3.49. The SMILES string of the molecule is CCCCCCOCC(O)CNc1ccc(CCC)cc1. The lowest BCUT2D eigenvalue weighted by Gasteiger charge is -2.13. The number of anilines is 1. The van der Waals surface area contributed by atoms with Crippen LogP contribution in [0, 0.1) is 0 Å². The largest absolute Gasteiger partial charge is 0.389 e. The van der Waals surface area contributed by atoms with Gasteiger partial charge in [-0.3, -0.25) is 0 Å². The number of nitrogens with one attached hydrogen (secondary N) is 1. The van der Waals surface area contributed by atoms with E-state index in [9.17, 15) is 5.11 Å². The molecule has 0 bridgehead atoms. The average Bonchev–Trinajstić information content (AvgIpc) is 2.50. The summed E-state index contributed by atoms with van der Waals surface area (Å²) in [5.41, 5.74) is 2.41. The van der Waals surface area contributed by atoms with Gasteiger partial charge < -0.3 is 15.2 Å². The van der Waals surface area contributed by atoms with Crippen LogP contribution in [0.25, 0.3) is 0 Å². The molecule has 0 spiro atoms. The zero-order chi connectivity index (χ0) is 15.3. The molecule has 1 aromatic carbocycles. The van der Waals surface area contributed by atoms with Gasteiger partial charge in [-0.25, -0.2) is 0 Å². The predicted octanol–water partition coefficient (Wildman–Crippen LogP) is 4.01. The van der Waals surface area contributed by atoms with Crippen LogP contribution in [-0.2, 0) is 11.2 Å². The molecule has 0 saturated heterocycles. The maximum atomic E-state index is 9.86. The van der Waals surface area contributed by atoms with Crippen molar-refractivity contribution in [3.8, 4) is 0 Å². The molecule has 21 heavy (non-hydrogen) atoms. The standard InChI is InChI=1S/C18H31NO2/c1-3-5-6-7-13-21-15-18(20)14-19-17-11-9-16(8-4-2)10-12-17/h9-12,18-20H,3-8,13-15H2,1-2H3. The summed E-state index contributed by atoms with van der Waals surface area (Å²) in [6.45, 7) is 6.08. The highest BCUT2D eigenvalue weighted by Crippen LogP contribution is 2.11. The minimum atomic E-state index is -0.452. The summed E-state index contributed by atoms with van der Waals surface area (Å²) >= 11 is 0. The minimum Gasteiger partial charge on any atom is -0.389 e. The molecule has 0 heterocycles. The monoisotopic (exact) mass is 293 g/mol. The molecule has 1 aromatic rings. The van der Waals surface area contributed by atoms with E-state index in [1.165, 1.54) is 31.2 Å². The number of ether oxygens (including phenoxy) is 1. The Morgan fingerprint density at radius 1 is 1.05 bits per heavy atom. The normalized spacial score (nSPS) is 12.3. The molecule has 120 valence electrons. The molecule has 2 N–H and O–H groups in total. The van der Waals surface area contributed by atoms with Gasteiger partial charge in [-0.15, -0.1) is 0 Å². The van der Waals surface area contributed by atoms with Gasteiger partial charge >= 0.3 is 0 Å². The molecule has 3 nitrogen and oxygen atoms in total. The number of hydrogen-bond donors (Lipinski definition) is 2. The fourth-order valence-electron chi connectivity index (χ4n) is 2.22. The highest BCUT2D eigenvalue weighted by atomic mass is 16.5. The molecule has 0 aliphatic rings. The number of benzene rings is 1. The lowest BCUT2D eigenvalue weighted by atomic mass is 10.1. The van der Waals surface area contributed by atoms with Crippen molar-refractivity contribution in [2.45, 2.75) is 58.5 Å². The zero-order valence-electron chi connectivity index (χ0n) is 13.6. The second-order valence-corrected chi connectivity index (χ2v) is 5.62. The molecule has 0 aromatic heterocycles. The molecular weight excluding hydrogens is 262 g/mol. The van der Waals surface area contributed by atoms with Gasteiger partial charge in [0.15, 0.2) is 0 Å². The van der Waals surface area contributed by atoms with Crippen molar-refractivity contribution in [2.24, 2.45) is 0 Å². The summed E-state index contributed by atoms with van der Waals surface area (Å²) in [7, 11) is 0. The third-order valence-electron chi connectivity index (χ3n) is 3.49. The van der Waals surface area contributed by atoms with E-state index in [1.807, 2.05) is 0 Å². The van der Waals surface area contributed by atoms with Crippen LogP contribution in [-0.4, -0.2) is 31.0 Å². The summed E-state index contributed by atoms with van der Waals surface area (Å²) in [5.74, 6) is 0. The van der Waals surface area contributed by atoms with Crippen molar-refractivity contribution in [3.63, 3.8) is 0 Å². The number of aryl methyl sites for hydroxylation is 1. The Morgan fingerprint density at radius 3 is 2.48 bits per heavy atom. The van der Waals surface area contributed by atoms with E-state index in [0.29, 0.717) is 13.2 Å². The quantitative estimate of drug-likeness (QED) is 0.572. The van der Waals surface area contributed by atoms with E-state index in [4.69, 9.17) is 4.74 Å². The average molecular weight is 293 g/mol. The van der Waals surface area contributed by atoms with Crippen LogP contribution in [0.2, 0.25) is 0 Å². The maximum absolute atomic E-state index is 9.86. The van der Waals surface area contributed by atoms with Gasteiger partial charge in [-0.1, -0.05) is 51.7 Å². The smallest absolute Gasteiger partial charge is 0.0945 e. The Morgan fingerprint density at radius 2 is 1.81 bits per heavy atom. The summed E-state index contributed by atoms with van der Waals surface area (Å²) in [6.07, 6.45) is 6.65. The van der Waals surface area contributed by atoms with E-state index in [2.05, 4.69) is 43.4 Å². The van der Waals surface area contributed by atoms with Crippen LogP contribution in [0.15, 0.2) is 24.3 Å². The second kappa shape index (κ2) is 11.6. The van der Waals surface area contributed by atoms with Gasteiger partial charge in [-0.05, 0) is 30.5 Å². The van der Waals surface area contributed by atoms with Crippen LogP contribution in [0.4, 0.5) is 5.69 Å². The molecule has 0 saturated carbocycles. The van der Waals surface area contributed by atoms with E-state index in [0.717, 1.165) is 25.1 Å². The van der Waals surface area contributed by atoms with Crippen LogP contribution in [0.1, 0.15) is 51.5 Å². The van der Waals surface area contributed by atoms with Gasteiger partial charge in [0, 0.05) is 18.8 Å². The van der Waals surface area contributed by atoms with Crippen LogP contribution >= 0.6 is 0 Å². The molecule has 0 fully saturated rings. The molecule has 1 unspecified atom stereocenters. The topological polar surface area (TPSA) is 41.5 Å². The Bertz CT molecular complexity index is 351. The van der Waals surface area contributed by atoms with Gasteiger partial charge in [0.05, 0.1) is 12.7 Å². The van der Waals surface area contributed by atoms with Gasteiger partial charge in [-0.2, -0.15) is 0 Å². The minimum absolute atomic E-state index is 0.410. The molecular formula is C18H31NO2. The predicted molar refractivity (Wildman–Crippen MR) is 89.9 cm³/mol. The number of hydrogen-bond acceptors (Lipinski definition) is 3. The zero-order valence-corrected chi connectivity index (χ0v) is 13.6. The first-order valence-electron chi connectivity index (χ1n) is 8.34. The van der Waals surface area contributed by atoms with Crippen LogP contribution in [0.3, 0.4) is 0 Å². The number of aliphatic hydroxyl groups excluding tert-OH is 1. The first-order valence-corrected chi connectivity index (χ1v) is 8.34. The molecule has 3 heteroatoms. The Balaban J connectivity index is 2.10. The van der Waals surface area contributed by atoms with Crippen LogP contribution in [0.5, 0.6) is 0 Å². The Hall–Kier alpha value is -1.06. The Labute approximate surface area is 129 Å². The van der Waals surface area contributed by atoms with Gasteiger partial charge in [0.1, 0.15) is 0 Å². The lowest BCUT2D eigenvalue weighted by molar-refractivity contribution is 0.0417. The molecule has 0 aliphatic carbocycles. The Kier molecular flexibility index (Phi) is 9.92. The van der Waals surface area contributed by atoms with Crippen molar-refractivity contribution in [3.05, 3.63) is 29.8 Å². The fraction of sp³-hybridized carbons (Fsp3) is 0.667. The summed E-state index contributed by atoms with van der Waals surface area (Å²) in [4.78, 5) is 0. The van der Waals surface area contributed by atoms with Crippen LogP contribution < -0.4 is 5.32 Å². The first-order chi connectivity index (χ1) is 10.3. The summed E-state index contributed by atoms with van der Waals surface area (Å²) < 4.78 is 5.49. The highest BCUT2D eigenvalue weighted by molar-refractivity contribution is 5.44. The van der Waals surface area contributed by atoms with Crippen molar-refractivity contribution < 1.29 is 9.84 Å². The second-order valence-electron chi connectivity index (χ2n) is 5.62. The van der Waals surface area contributed by atoms with E-state index < -0.39 is 6.10 Å². The molecule has 1 atom stereocenters. The number of unbranched alkanes of at least 4 members (excludes halogenated alkanes) is 3. The van der Waals surface area contributed by atoms with Gasteiger partial charge in [0.2, 0.25) is 0 Å². The van der Waals surface area contributed by atoms with E-state index >= 15 is 0 Å². The van der Waals surface area contributed by atoms with Crippen molar-refractivity contribution >= 4 is 5.69 Å². The number of aliphatic hydroxyl groups is 1. The highest BCUT2D eigenvalue weighted by Gasteiger charge is 2.04. The first kappa shape index (κ1) is 18.0. The van der Waals surface area contributed by atoms with Gasteiger partial charge in [0.25, 0.3) is 0 Å². The summed E-state index contributed by atoms with van der Waals surface area (Å²) in [5, 5.41) is 13.1. The molecule has 0 amide bonds. The van der Waals surface area contributed by atoms with Crippen molar-refractivity contribution in [1.82, 2.24) is 0 Å².